The van der Waals surface area contributed by atoms with Crippen LogP contribution >= 0.6 is 13.5 Å². The van der Waals surface area contributed by atoms with Crippen LogP contribution in [0.15, 0.2) is 24.4 Å². The Bertz CT molecular complexity index is 911. The number of benzene rings is 1. The van der Waals surface area contributed by atoms with E-state index in [1.54, 1.807) is 7.11 Å². The summed E-state index contributed by atoms with van der Waals surface area (Å²) in [5.74, 6) is 1.02. The molecular formula is C20H28N6O4S. The van der Waals surface area contributed by atoms with Gasteiger partial charge in [0.25, 0.3) is 5.91 Å². The summed E-state index contributed by atoms with van der Waals surface area (Å²) >= 11 is 0. The number of rotatable bonds is 9. The van der Waals surface area contributed by atoms with Crippen molar-refractivity contribution in [3.05, 3.63) is 30.0 Å². The Morgan fingerprint density at radius 2 is 2.19 bits per heavy atom. The third-order valence-electron chi connectivity index (χ3n) is 4.79. The van der Waals surface area contributed by atoms with E-state index in [2.05, 4.69) is 25.9 Å². The number of hydrogen-bond acceptors (Lipinski definition) is 9. The first-order valence-corrected chi connectivity index (χ1v) is 9.94. The molecule has 4 rings (SSSR count). The van der Waals surface area contributed by atoms with Crippen LogP contribution in [0.2, 0.25) is 0 Å². The zero-order valence-electron chi connectivity index (χ0n) is 17.3. The van der Waals surface area contributed by atoms with E-state index in [1.807, 2.05) is 18.2 Å². The van der Waals surface area contributed by atoms with Crippen molar-refractivity contribution < 1.29 is 19.0 Å². The van der Waals surface area contributed by atoms with Crippen molar-refractivity contribution in [1.29, 1.82) is 0 Å². The molecule has 11 heteroatoms. The predicted octanol–water partition coefficient (Wildman–Crippen LogP) is 1.84. The minimum absolute atomic E-state index is 0. The quantitative estimate of drug-likeness (QED) is 0.424. The Morgan fingerprint density at radius 1 is 1.35 bits per heavy atom. The summed E-state index contributed by atoms with van der Waals surface area (Å²) in [7, 11) is 1.64. The second kappa shape index (κ2) is 10.5. The Labute approximate surface area is 187 Å². The normalized spacial score (nSPS) is 17.3. The molecule has 5 N–H and O–H groups in total. The largest absolute Gasteiger partial charge is 0.489 e. The standard InChI is InChI=1S/C20H26N6O4.H2S/c1-28-6-7-29-14-9-22-16-8-13(4-5-17(16)30-11-14)25-20-23-10-15(18(21)27)19(26-20)24-12-2-3-12;/h4-5,8,10,12,14,22H,2-3,6-7,9,11H2,1H3,(H2,21,27)(H2,23,24,25,26);1H2/t14-;/m0./s1. The van der Waals surface area contributed by atoms with Gasteiger partial charge < -0.3 is 35.9 Å². The highest BCUT2D eigenvalue weighted by Gasteiger charge is 2.24. The van der Waals surface area contributed by atoms with Crippen LogP contribution in [0.3, 0.4) is 0 Å². The molecule has 2 aliphatic rings. The monoisotopic (exact) mass is 448 g/mol. The lowest BCUT2D eigenvalue weighted by atomic mass is 10.2. The number of ether oxygens (including phenoxy) is 3. The predicted molar refractivity (Wildman–Crippen MR) is 123 cm³/mol. The molecule has 1 saturated carbocycles. The average Bonchev–Trinajstić information content (AvgIpc) is 3.56. The first-order valence-electron chi connectivity index (χ1n) is 9.94. The molecule has 1 aliphatic carbocycles. The van der Waals surface area contributed by atoms with Crippen LogP contribution in [-0.4, -0.2) is 61.5 Å². The summed E-state index contributed by atoms with van der Waals surface area (Å²) in [4.78, 5) is 20.3. The van der Waals surface area contributed by atoms with Crippen molar-refractivity contribution in [3.63, 3.8) is 0 Å². The molecule has 0 saturated heterocycles. The van der Waals surface area contributed by atoms with Crippen molar-refractivity contribution in [2.45, 2.75) is 25.0 Å². The first-order chi connectivity index (χ1) is 14.6. The lowest BCUT2D eigenvalue weighted by Gasteiger charge is -2.14. The second-order valence-electron chi connectivity index (χ2n) is 7.25. The lowest BCUT2D eigenvalue weighted by molar-refractivity contribution is 0.00342. The average molecular weight is 449 g/mol. The molecule has 31 heavy (non-hydrogen) atoms. The van der Waals surface area contributed by atoms with Gasteiger partial charge in [0.15, 0.2) is 0 Å². The van der Waals surface area contributed by atoms with Gasteiger partial charge in [0.05, 0.1) is 24.5 Å². The van der Waals surface area contributed by atoms with Crippen molar-refractivity contribution in [3.8, 4) is 5.75 Å². The van der Waals surface area contributed by atoms with Crippen LogP contribution in [0.1, 0.15) is 23.2 Å². The number of aromatic nitrogens is 2. The van der Waals surface area contributed by atoms with Crippen molar-refractivity contribution in [2.75, 3.05) is 49.4 Å². The Hall–Kier alpha value is -2.76. The molecule has 0 unspecified atom stereocenters. The molecule has 1 aromatic carbocycles. The van der Waals surface area contributed by atoms with Crippen LogP contribution in [0.4, 0.5) is 23.1 Å². The fourth-order valence-electron chi connectivity index (χ4n) is 3.02. The van der Waals surface area contributed by atoms with Gasteiger partial charge in [0.1, 0.15) is 24.3 Å². The summed E-state index contributed by atoms with van der Waals surface area (Å²) in [6.07, 6.45) is 3.48. The summed E-state index contributed by atoms with van der Waals surface area (Å²) < 4.78 is 16.6. The number of amides is 1. The number of hydrogen-bond donors (Lipinski definition) is 4. The maximum Gasteiger partial charge on any atom is 0.254 e. The van der Waals surface area contributed by atoms with E-state index in [1.165, 1.54) is 6.20 Å². The fraction of sp³-hybridized carbons (Fsp3) is 0.450. The molecule has 1 atom stereocenters. The van der Waals surface area contributed by atoms with Crippen molar-refractivity contribution in [2.24, 2.45) is 5.73 Å². The SMILES string of the molecule is COCCO[C@H]1CNc2cc(Nc3ncc(C(N)=O)c(NC4CC4)n3)ccc2OC1.S. The molecule has 0 spiro atoms. The number of carbonyl (C=O) groups is 1. The van der Waals surface area contributed by atoms with Gasteiger partial charge in [-0.25, -0.2) is 4.98 Å². The summed E-state index contributed by atoms with van der Waals surface area (Å²) in [5.41, 5.74) is 7.35. The number of nitrogens with two attached hydrogens (primary N) is 1. The summed E-state index contributed by atoms with van der Waals surface area (Å²) in [5, 5.41) is 9.75. The van der Waals surface area contributed by atoms with E-state index >= 15 is 0 Å². The highest BCUT2D eigenvalue weighted by Crippen LogP contribution is 2.31. The van der Waals surface area contributed by atoms with E-state index in [0.29, 0.717) is 44.2 Å². The fourth-order valence-corrected chi connectivity index (χ4v) is 3.02. The number of methoxy groups -OCH3 is 1. The maximum absolute atomic E-state index is 11.6. The summed E-state index contributed by atoms with van der Waals surface area (Å²) in [6.45, 7) is 2.15. The van der Waals surface area contributed by atoms with Gasteiger partial charge >= 0.3 is 0 Å². The highest BCUT2D eigenvalue weighted by molar-refractivity contribution is 7.59. The third-order valence-corrected chi connectivity index (χ3v) is 4.79. The van der Waals surface area contributed by atoms with Crippen molar-refractivity contribution in [1.82, 2.24) is 9.97 Å². The van der Waals surface area contributed by atoms with E-state index < -0.39 is 5.91 Å². The maximum atomic E-state index is 11.6. The summed E-state index contributed by atoms with van der Waals surface area (Å²) in [6, 6.07) is 6.01. The van der Waals surface area contributed by atoms with E-state index in [0.717, 1.165) is 30.0 Å². The molecule has 2 heterocycles. The lowest BCUT2D eigenvalue weighted by Crippen LogP contribution is -2.28. The molecule has 0 radical (unpaired) electrons. The third kappa shape index (κ3) is 6.12. The van der Waals surface area contributed by atoms with Crippen LogP contribution in [0.5, 0.6) is 5.75 Å². The second-order valence-corrected chi connectivity index (χ2v) is 7.25. The zero-order valence-corrected chi connectivity index (χ0v) is 18.3. The van der Waals surface area contributed by atoms with Gasteiger partial charge in [0.2, 0.25) is 5.95 Å². The van der Waals surface area contributed by atoms with E-state index in [4.69, 9.17) is 19.9 Å². The Morgan fingerprint density at radius 3 is 2.94 bits per heavy atom. The molecular weight excluding hydrogens is 420 g/mol. The van der Waals surface area contributed by atoms with Gasteiger partial charge in [-0.3, -0.25) is 4.79 Å². The minimum Gasteiger partial charge on any atom is -0.489 e. The number of primary amides is 1. The molecule has 1 amide bonds. The molecule has 2 aromatic rings. The van der Waals surface area contributed by atoms with Crippen LogP contribution in [0, 0.1) is 0 Å². The van der Waals surface area contributed by atoms with Crippen LogP contribution in [0.25, 0.3) is 0 Å². The molecule has 168 valence electrons. The molecule has 10 nitrogen and oxygen atoms in total. The Balaban J connectivity index is 0.00000272. The number of fused-ring (bicyclic) bond motifs is 1. The minimum atomic E-state index is -0.557. The molecule has 1 fully saturated rings. The van der Waals surface area contributed by atoms with Gasteiger partial charge in [-0.2, -0.15) is 18.5 Å². The number of carbonyl (C=O) groups excluding carboxylic acids is 1. The van der Waals surface area contributed by atoms with Crippen LogP contribution in [-0.2, 0) is 9.47 Å². The van der Waals surface area contributed by atoms with E-state index in [-0.39, 0.29) is 25.2 Å². The zero-order chi connectivity index (χ0) is 20.9. The van der Waals surface area contributed by atoms with Gasteiger partial charge in [-0.1, -0.05) is 0 Å². The number of anilines is 4. The van der Waals surface area contributed by atoms with Gasteiger partial charge in [-0.05, 0) is 31.0 Å². The smallest absolute Gasteiger partial charge is 0.254 e. The number of nitrogens with zero attached hydrogens (tertiary/aromatic N) is 2. The van der Waals surface area contributed by atoms with E-state index in [9.17, 15) is 4.79 Å². The topological polar surface area (TPSA) is 133 Å². The molecule has 0 bridgehead atoms. The van der Waals surface area contributed by atoms with Gasteiger partial charge in [-0.15, -0.1) is 0 Å². The highest BCUT2D eigenvalue weighted by atomic mass is 32.1. The van der Waals surface area contributed by atoms with Crippen LogP contribution < -0.4 is 26.4 Å². The Kier molecular flexibility index (Phi) is 7.77. The molecule has 1 aliphatic heterocycles. The first kappa shape index (κ1) is 22.9. The molecule has 1 aromatic heterocycles. The number of nitrogens with one attached hydrogen (secondary N) is 3. The van der Waals surface area contributed by atoms with Crippen molar-refractivity contribution >= 4 is 42.5 Å². The van der Waals surface area contributed by atoms with Gasteiger partial charge in [0, 0.05) is 31.6 Å².